The van der Waals surface area contributed by atoms with Gasteiger partial charge in [-0.3, -0.25) is 14.6 Å². The number of thioether (sulfide) groups is 1. The highest BCUT2D eigenvalue weighted by atomic mass is 32.2. The summed E-state index contributed by atoms with van der Waals surface area (Å²) in [5, 5.41) is 5.21. The summed E-state index contributed by atoms with van der Waals surface area (Å²) in [6.07, 6.45) is 1.44. The number of amides is 1. The van der Waals surface area contributed by atoms with Crippen molar-refractivity contribution in [1.29, 1.82) is 0 Å². The van der Waals surface area contributed by atoms with Gasteiger partial charge in [-0.15, -0.1) is 0 Å². The number of aromatic amines is 1. The molecule has 194 valence electrons. The molecule has 1 N–H and O–H groups in total. The van der Waals surface area contributed by atoms with Crippen molar-refractivity contribution in [2.75, 3.05) is 17.8 Å². The maximum Gasteiger partial charge on any atom is 0.325 e. The van der Waals surface area contributed by atoms with Gasteiger partial charge in [0.25, 0.3) is 6.17 Å². The lowest BCUT2D eigenvalue weighted by Crippen LogP contribution is -2.60. The predicted molar refractivity (Wildman–Crippen MR) is 147 cm³/mol. The molecule has 3 aromatic carbocycles. The number of benzene rings is 3. The van der Waals surface area contributed by atoms with Gasteiger partial charge < -0.3 is 9.47 Å². The number of fused-ring (bicyclic) bond motifs is 3. The van der Waals surface area contributed by atoms with Crippen LogP contribution >= 0.6 is 11.8 Å². The standard InChI is InChI=1S/C29H28N4O4S/c1-4-25(34)32-22-14-10-9-13-21(22)26-27(35)30-29(38-3)31-33(26)28(32)20-15-16-23(24(17-20)36-5-2)37-18-19-11-7-6-8-12-19/h6-17,28H,4-5,18H2,1-3H3/p+1/t28-/m0/s1. The zero-order valence-corrected chi connectivity index (χ0v) is 22.3. The molecule has 0 spiro atoms. The van der Waals surface area contributed by atoms with Gasteiger partial charge in [0.2, 0.25) is 11.1 Å². The zero-order valence-electron chi connectivity index (χ0n) is 21.5. The molecule has 0 radical (unpaired) electrons. The molecule has 0 saturated carbocycles. The highest BCUT2D eigenvalue weighted by Gasteiger charge is 2.45. The minimum Gasteiger partial charge on any atom is -0.490 e. The summed E-state index contributed by atoms with van der Waals surface area (Å²) in [5.74, 6) is 1.06. The second-order valence-electron chi connectivity index (χ2n) is 8.68. The van der Waals surface area contributed by atoms with Gasteiger partial charge in [-0.05, 0) is 53.8 Å². The molecule has 0 saturated heterocycles. The molecule has 38 heavy (non-hydrogen) atoms. The fourth-order valence-electron chi connectivity index (χ4n) is 4.61. The van der Waals surface area contributed by atoms with Crippen molar-refractivity contribution >= 4 is 23.4 Å². The monoisotopic (exact) mass is 529 g/mol. The Hall–Kier alpha value is -4.11. The normalized spacial score (nSPS) is 14.0. The number of rotatable bonds is 8. The maximum absolute atomic E-state index is 13.4. The van der Waals surface area contributed by atoms with Gasteiger partial charge in [-0.2, -0.15) is 0 Å². The average molecular weight is 530 g/mol. The first-order valence-corrected chi connectivity index (χ1v) is 13.7. The largest absolute Gasteiger partial charge is 0.490 e. The van der Waals surface area contributed by atoms with Crippen LogP contribution in [-0.2, 0) is 11.4 Å². The molecule has 0 bridgehead atoms. The summed E-state index contributed by atoms with van der Waals surface area (Å²) in [6.45, 7) is 4.57. The summed E-state index contributed by atoms with van der Waals surface area (Å²) < 4.78 is 13.7. The molecule has 1 aliphatic rings. The van der Waals surface area contributed by atoms with E-state index in [2.05, 4.69) is 4.98 Å². The topological polar surface area (TPSA) is 88.4 Å². The summed E-state index contributed by atoms with van der Waals surface area (Å²) in [5.41, 5.74) is 3.23. The zero-order chi connectivity index (χ0) is 26.6. The molecule has 8 nitrogen and oxygen atoms in total. The number of nitrogens with one attached hydrogen (secondary N) is 1. The van der Waals surface area contributed by atoms with Crippen molar-refractivity contribution in [1.82, 2.24) is 10.1 Å². The highest BCUT2D eigenvalue weighted by Crippen LogP contribution is 2.39. The molecule has 9 heteroatoms. The van der Waals surface area contributed by atoms with Gasteiger partial charge in [0, 0.05) is 17.1 Å². The number of hydrogen-bond acceptors (Lipinski definition) is 6. The number of carbonyl (C=O) groups is 1. The first kappa shape index (κ1) is 25.5. The van der Waals surface area contributed by atoms with Crippen LogP contribution in [0.15, 0.2) is 82.7 Å². The lowest BCUT2D eigenvalue weighted by atomic mass is 10.0. The van der Waals surface area contributed by atoms with E-state index in [-0.39, 0.29) is 17.9 Å². The average Bonchev–Trinajstić information content (AvgIpc) is 2.95. The van der Waals surface area contributed by atoms with Crippen molar-refractivity contribution in [3.05, 3.63) is 94.3 Å². The molecular weight excluding hydrogens is 500 g/mol. The van der Waals surface area contributed by atoms with Crippen LogP contribution in [0.2, 0.25) is 0 Å². The Kier molecular flexibility index (Phi) is 7.46. The van der Waals surface area contributed by atoms with Crippen LogP contribution in [0.1, 0.15) is 37.6 Å². The molecule has 0 unspecified atom stereocenters. The van der Waals surface area contributed by atoms with Gasteiger partial charge in [-0.1, -0.05) is 61.2 Å². The third-order valence-electron chi connectivity index (χ3n) is 6.33. The van der Waals surface area contributed by atoms with Crippen molar-refractivity contribution in [2.24, 2.45) is 0 Å². The van der Waals surface area contributed by atoms with Crippen LogP contribution in [0.3, 0.4) is 0 Å². The maximum atomic E-state index is 13.4. The predicted octanol–water partition coefficient (Wildman–Crippen LogP) is 4.73. The summed E-state index contributed by atoms with van der Waals surface area (Å²) >= 11 is 1.33. The Morgan fingerprint density at radius 2 is 1.79 bits per heavy atom. The fraction of sp³-hybridized carbons (Fsp3) is 0.241. The number of nitrogens with zero attached hydrogens (tertiary/aromatic N) is 3. The van der Waals surface area contributed by atoms with E-state index in [1.165, 1.54) is 11.8 Å². The van der Waals surface area contributed by atoms with Crippen LogP contribution in [0.5, 0.6) is 11.5 Å². The smallest absolute Gasteiger partial charge is 0.325 e. The van der Waals surface area contributed by atoms with Gasteiger partial charge in [0.1, 0.15) is 6.61 Å². The fourth-order valence-corrected chi connectivity index (χ4v) is 4.98. The molecule has 0 fully saturated rings. The van der Waals surface area contributed by atoms with Crippen LogP contribution in [0.4, 0.5) is 5.69 Å². The number of ether oxygens (including phenoxy) is 2. The van der Waals surface area contributed by atoms with Crippen molar-refractivity contribution in [3.63, 3.8) is 0 Å². The number of carbonyl (C=O) groups excluding carboxylic acids is 1. The van der Waals surface area contributed by atoms with Crippen LogP contribution in [0.25, 0.3) is 11.3 Å². The summed E-state index contributed by atoms with van der Waals surface area (Å²) in [4.78, 5) is 31.3. The molecule has 1 aliphatic heterocycles. The number of anilines is 1. The first-order valence-electron chi connectivity index (χ1n) is 12.5. The number of para-hydroxylation sites is 1. The van der Waals surface area contributed by atoms with Gasteiger partial charge >= 0.3 is 11.3 Å². The third kappa shape index (κ3) is 4.77. The van der Waals surface area contributed by atoms with E-state index >= 15 is 0 Å². The second-order valence-corrected chi connectivity index (χ2v) is 9.47. The number of hydrogen-bond donors (Lipinski definition) is 1. The van der Waals surface area contributed by atoms with Gasteiger partial charge in [-0.25, -0.2) is 4.90 Å². The van der Waals surface area contributed by atoms with E-state index in [9.17, 15) is 9.59 Å². The quantitative estimate of drug-likeness (QED) is 0.262. The van der Waals surface area contributed by atoms with E-state index in [1.807, 2.05) is 92.9 Å². The van der Waals surface area contributed by atoms with E-state index in [4.69, 9.17) is 14.6 Å². The molecular formula is C29H29N4O4S+. The minimum absolute atomic E-state index is 0.0873. The molecule has 1 amide bonds. The van der Waals surface area contributed by atoms with Crippen molar-refractivity contribution in [2.45, 2.75) is 38.2 Å². The Morgan fingerprint density at radius 3 is 2.53 bits per heavy atom. The lowest BCUT2D eigenvalue weighted by molar-refractivity contribution is -0.763. The van der Waals surface area contributed by atoms with E-state index < -0.39 is 6.17 Å². The highest BCUT2D eigenvalue weighted by molar-refractivity contribution is 7.98. The van der Waals surface area contributed by atoms with E-state index in [0.29, 0.717) is 46.8 Å². The Bertz CT molecular complexity index is 1520. The van der Waals surface area contributed by atoms with Crippen molar-refractivity contribution < 1.29 is 19.0 Å². The first-order chi connectivity index (χ1) is 18.5. The Balaban J connectivity index is 1.66. The Labute approximate surface area is 225 Å². The van der Waals surface area contributed by atoms with Gasteiger partial charge in [0.05, 0.1) is 17.9 Å². The summed E-state index contributed by atoms with van der Waals surface area (Å²) in [6, 6.07) is 23.0. The summed E-state index contributed by atoms with van der Waals surface area (Å²) in [7, 11) is 0. The number of H-pyrrole nitrogens is 1. The van der Waals surface area contributed by atoms with Crippen LogP contribution in [-0.4, -0.2) is 28.9 Å². The molecule has 5 rings (SSSR count). The molecule has 4 aromatic rings. The van der Waals surface area contributed by atoms with E-state index in [0.717, 1.165) is 11.1 Å². The van der Waals surface area contributed by atoms with Gasteiger partial charge in [0.15, 0.2) is 11.5 Å². The van der Waals surface area contributed by atoms with Crippen molar-refractivity contribution in [3.8, 4) is 22.8 Å². The molecule has 0 aliphatic carbocycles. The molecule has 1 atom stereocenters. The SMILES string of the molecule is CCOc1cc([C@H]2N(C(=O)CC)c3ccccc3-c3c(=O)[nH]c(SC)n[n+]32)ccc1OCc1ccccc1. The lowest BCUT2D eigenvalue weighted by Gasteiger charge is -2.32. The molecule has 2 heterocycles. The Morgan fingerprint density at radius 1 is 1.03 bits per heavy atom. The van der Waals surface area contributed by atoms with Crippen LogP contribution < -0.4 is 24.6 Å². The van der Waals surface area contributed by atoms with E-state index in [1.54, 1.807) is 9.58 Å². The van der Waals surface area contributed by atoms with Crippen LogP contribution in [0, 0.1) is 0 Å². The molecule has 1 aromatic heterocycles. The minimum atomic E-state index is -0.692. The second kappa shape index (κ2) is 11.1. The number of aromatic nitrogens is 3. The third-order valence-corrected chi connectivity index (χ3v) is 6.90.